The summed E-state index contributed by atoms with van der Waals surface area (Å²) in [6.07, 6.45) is 2.88. The van der Waals surface area contributed by atoms with Gasteiger partial charge in [-0.05, 0) is 24.3 Å². The molecule has 0 spiro atoms. The van der Waals surface area contributed by atoms with Crippen molar-refractivity contribution in [1.29, 1.82) is 0 Å². The van der Waals surface area contributed by atoms with Crippen LogP contribution >= 0.6 is 0 Å². The van der Waals surface area contributed by atoms with Crippen molar-refractivity contribution in [3.63, 3.8) is 0 Å². The zero-order valence-corrected chi connectivity index (χ0v) is 8.07. The molecule has 0 amide bonds. The molecule has 0 saturated heterocycles. The number of sulfone groups is 1. The van der Waals surface area contributed by atoms with Crippen LogP contribution in [0.1, 0.15) is 0 Å². The van der Waals surface area contributed by atoms with Crippen LogP contribution in [0.25, 0.3) is 0 Å². The Bertz CT molecular complexity index is 483. The smallest absolute Gasteiger partial charge is 0.232 e. The van der Waals surface area contributed by atoms with E-state index in [1.807, 2.05) is 6.07 Å². The molecule has 1 heterocycles. The Morgan fingerprint density at radius 2 is 1.79 bits per heavy atom. The Hall–Kier alpha value is -1.55. The van der Waals surface area contributed by atoms with Crippen LogP contribution in [0, 0.1) is 0 Å². The summed E-state index contributed by atoms with van der Waals surface area (Å²) in [4.78, 5) is 0. The van der Waals surface area contributed by atoms with Crippen LogP contribution in [0.4, 0.5) is 0 Å². The SMILES string of the molecule is O=S1(=O)C=CC=C1Oc1ccccc1. The number of para-hydroxylation sites is 1. The standard InChI is InChI=1S/C10H8O3S/c11-14(12)8-4-7-10(14)13-9-5-2-1-3-6-9/h1-8H. The lowest BCUT2D eigenvalue weighted by molar-refractivity contribution is 0.452. The molecular weight excluding hydrogens is 200 g/mol. The predicted molar refractivity (Wildman–Crippen MR) is 53.2 cm³/mol. The van der Waals surface area contributed by atoms with E-state index in [4.69, 9.17) is 4.74 Å². The first-order valence-corrected chi connectivity index (χ1v) is 5.59. The largest absolute Gasteiger partial charge is 0.445 e. The van der Waals surface area contributed by atoms with E-state index in [0.717, 1.165) is 5.41 Å². The van der Waals surface area contributed by atoms with Crippen LogP contribution < -0.4 is 4.74 Å². The van der Waals surface area contributed by atoms with Crippen LogP contribution in [0.15, 0.2) is 53.0 Å². The summed E-state index contributed by atoms with van der Waals surface area (Å²) in [5, 5.41) is 1.09. The van der Waals surface area contributed by atoms with Crippen molar-refractivity contribution >= 4 is 9.84 Å². The molecule has 0 saturated carbocycles. The molecule has 0 fully saturated rings. The first-order chi connectivity index (χ1) is 6.68. The zero-order valence-electron chi connectivity index (χ0n) is 7.25. The van der Waals surface area contributed by atoms with E-state index in [-0.39, 0.29) is 5.09 Å². The second-order valence-electron chi connectivity index (χ2n) is 2.77. The first kappa shape index (κ1) is 9.02. The minimum Gasteiger partial charge on any atom is -0.445 e. The second kappa shape index (κ2) is 3.31. The van der Waals surface area contributed by atoms with E-state index in [1.54, 1.807) is 24.3 Å². The minimum absolute atomic E-state index is 0.0244. The van der Waals surface area contributed by atoms with Crippen molar-refractivity contribution in [2.24, 2.45) is 0 Å². The summed E-state index contributed by atoms with van der Waals surface area (Å²) in [6.45, 7) is 0. The average Bonchev–Trinajstić information content (AvgIpc) is 2.48. The number of hydrogen-bond acceptors (Lipinski definition) is 3. The summed E-state index contributed by atoms with van der Waals surface area (Å²) >= 11 is 0. The van der Waals surface area contributed by atoms with Gasteiger partial charge in [0.05, 0.1) is 0 Å². The van der Waals surface area contributed by atoms with Gasteiger partial charge in [0.1, 0.15) is 5.75 Å². The third-order valence-corrected chi connectivity index (χ3v) is 3.03. The van der Waals surface area contributed by atoms with E-state index in [1.165, 1.54) is 12.2 Å². The summed E-state index contributed by atoms with van der Waals surface area (Å²) in [6, 6.07) is 8.81. The highest BCUT2D eigenvalue weighted by molar-refractivity contribution is 7.98. The van der Waals surface area contributed by atoms with Gasteiger partial charge >= 0.3 is 0 Å². The third kappa shape index (κ3) is 1.70. The number of hydrogen-bond donors (Lipinski definition) is 0. The molecule has 0 aliphatic carbocycles. The van der Waals surface area contributed by atoms with E-state index in [9.17, 15) is 8.42 Å². The molecule has 0 aromatic heterocycles. The highest BCUT2D eigenvalue weighted by Gasteiger charge is 2.19. The van der Waals surface area contributed by atoms with Crippen LogP contribution in [0.3, 0.4) is 0 Å². The lowest BCUT2D eigenvalue weighted by Gasteiger charge is -2.04. The zero-order chi connectivity index (χ0) is 10.0. The molecule has 0 N–H and O–H groups in total. The molecule has 1 aliphatic rings. The quantitative estimate of drug-likeness (QED) is 0.745. The lowest BCUT2D eigenvalue weighted by atomic mass is 10.3. The summed E-state index contributed by atoms with van der Waals surface area (Å²) in [5.74, 6) is 0.519. The Labute approximate surface area is 82.2 Å². The highest BCUT2D eigenvalue weighted by Crippen LogP contribution is 2.21. The van der Waals surface area contributed by atoms with E-state index < -0.39 is 9.84 Å². The highest BCUT2D eigenvalue weighted by atomic mass is 32.2. The van der Waals surface area contributed by atoms with Gasteiger partial charge in [0.15, 0.2) is 0 Å². The lowest BCUT2D eigenvalue weighted by Crippen LogP contribution is -2.03. The van der Waals surface area contributed by atoms with Crippen molar-refractivity contribution in [3.8, 4) is 5.75 Å². The van der Waals surface area contributed by atoms with Crippen LogP contribution in [0.5, 0.6) is 5.75 Å². The Balaban J connectivity index is 2.23. The molecule has 72 valence electrons. The van der Waals surface area contributed by atoms with Crippen LogP contribution in [-0.4, -0.2) is 8.42 Å². The Morgan fingerprint density at radius 3 is 2.36 bits per heavy atom. The van der Waals surface area contributed by atoms with Gasteiger partial charge in [0.25, 0.3) is 0 Å². The Morgan fingerprint density at radius 1 is 1.07 bits per heavy atom. The first-order valence-electron chi connectivity index (χ1n) is 4.05. The van der Waals surface area contributed by atoms with Gasteiger partial charge in [-0.15, -0.1) is 0 Å². The van der Waals surface area contributed by atoms with Crippen molar-refractivity contribution in [1.82, 2.24) is 0 Å². The second-order valence-corrected chi connectivity index (χ2v) is 4.54. The molecule has 0 bridgehead atoms. The maximum atomic E-state index is 11.3. The minimum atomic E-state index is -3.33. The van der Waals surface area contributed by atoms with Crippen LogP contribution in [0.2, 0.25) is 0 Å². The molecule has 14 heavy (non-hydrogen) atoms. The van der Waals surface area contributed by atoms with Gasteiger partial charge < -0.3 is 4.74 Å². The van der Waals surface area contributed by atoms with Gasteiger partial charge in [-0.2, -0.15) is 0 Å². The fourth-order valence-corrected chi connectivity index (χ4v) is 1.98. The van der Waals surface area contributed by atoms with E-state index in [0.29, 0.717) is 5.75 Å². The number of allylic oxidation sites excluding steroid dienone is 2. The van der Waals surface area contributed by atoms with Crippen molar-refractivity contribution in [3.05, 3.63) is 53.0 Å². The van der Waals surface area contributed by atoms with Crippen molar-refractivity contribution < 1.29 is 13.2 Å². The number of benzene rings is 1. The predicted octanol–water partition coefficient (Wildman–Crippen LogP) is 1.85. The average molecular weight is 208 g/mol. The number of rotatable bonds is 2. The fraction of sp³-hybridized carbons (Fsp3) is 0. The van der Waals surface area contributed by atoms with E-state index in [2.05, 4.69) is 0 Å². The molecular formula is C10H8O3S. The molecule has 3 nitrogen and oxygen atoms in total. The van der Waals surface area contributed by atoms with Gasteiger partial charge in [-0.25, -0.2) is 8.42 Å². The molecule has 2 rings (SSSR count). The topological polar surface area (TPSA) is 43.4 Å². The fourth-order valence-electron chi connectivity index (χ4n) is 1.08. The molecule has 1 aliphatic heterocycles. The Kier molecular flexibility index (Phi) is 2.13. The van der Waals surface area contributed by atoms with E-state index >= 15 is 0 Å². The molecule has 4 heteroatoms. The normalized spacial score (nSPS) is 17.9. The molecule has 0 unspecified atom stereocenters. The molecule has 0 atom stereocenters. The summed E-state index contributed by atoms with van der Waals surface area (Å²) < 4.78 is 27.8. The number of ether oxygens (including phenoxy) is 1. The van der Waals surface area contributed by atoms with Gasteiger partial charge in [-0.1, -0.05) is 18.2 Å². The van der Waals surface area contributed by atoms with Crippen molar-refractivity contribution in [2.45, 2.75) is 0 Å². The summed E-state index contributed by atoms with van der Waals surface area (Å²) in [5.41, 5.74) is 0. The third-order valence-electron chi connectivity index (χ3n) is 1.73. The van der Waals surface area contributed by atoms with Crippen molar-refractivity contribution in [2.75, 3.05) is 0 Å². The monoisotopic (exact) mass is 208 g/mol. The van der Waals surface area contributed by atoms with Gasteiger partial charge in [0.2, 0.25) is 14.9 Å². The maximum absolute atomic E-state index is 11.3. The van der Waals surface area contributed by atoms with Gasteiger partial charge in [-0.3, -0.25) is 0 Å². The van der Waals surface area contributed by atoms with Crippen LogP contribution in [-0.2, 0) is 9.84 Å². The van der Waals surface area contributed by atoms with Gasteiger partial charge in [0, 0.05) is 5.41 Å². The molecule has 1 aromatic carbocycles. The molecule has 0 radical (unpaired) electrons. The molecule has 1 aromatic rings. The summed E-state index contributed by atoms with van der Waals surface area (Å²) in [7, 11) is -3.33. The maximum Gasteiger partial charge on any atom is 0.232 e.